The van der Waals surface area contributed by atoms with Gasteiger partial charge in [-0.3, -0.25) is 4.79 Å². The van der Waals surface area contributed by atoms with Crippen LogP contribution in [0.15, 0.2) is 42.6 Å². The number of aromatic nitrogens is 1. The summed E-state index contributed by atoms with van der Waals surface area (Å²) in [6.45, 7) is 2.42. The molecule has 0 saturated heterocycles. The van der Waals surface area contributed by atoms with Crippen LogP contribution in [0, 0.1) is 5.82 Å². The van der Waals surface area contributed by atoms with Gasteiger partial charge in [0.05, 0.1) is 12.2 Å². The molecule has 1 heterocycles. The highest BCUT2D eigenvalue weighted by atomic mass is 19.1. The van der Waals surface area contributed by atoms with E-state index in [1.807, 2.05) is 19.1 Å². The maximum absolute atomic E-state index is 13.7. The maximum atomic E-state index is 13.7. The number of hydrogen-bond donors (Lipinski definition) is 1. The van der Waals surface area contributed by atoms with Crippen molar-refractivity contribution in [3.63, 3.8) is 0 Å². The number of halogens is 1. The molecule has 4 nitrogen and oxygen atoms in total. The molecule has 23 heavy (non-hydrogen) atoms. The molecule has 1 aliphatic rings. The number of pyridine rings is 1. The van der Waals surface area contributed by atoms with Crippen molar-refractivity contribution >= 4 is 5.91 Å². The molecular weight excluding hydrogens is 295 g/mol. The molecule has 3 rings (SSSR count). The lowest BCUT2D eigenvalue weighted by Crippen LogP contribution is -2.43. The second-order valence-electron chi connectivity index (χ2n) is 5.68. The van der Waals surface area contributed by atoms with Crippen LogP contribution in [0.1, 0.15) is 41.6 Å². The smallest absolute Gasteiger partial charge is 0.253 e. The van der Waals surface area contributed by atoms with Crippen LogP contribution in [0.5, 0.6) is 5.88 Å². The van der Waals surface area contributed by atoms with Crippen molar-refractivity contribution in [2.75, 3.05) is 6.61 Å². The van der Waals surface area contributed by atoms with Crippen molar-refractivity contribution in [3.05, 3.63) is 59.5 Å². The first kappa shape index (κ1) is 15.5. The van der Waals surface area contributed by atoms with E-state index in [0.717, 1.165) is 18.4 Å². The van der Waals surface area contributed by atoms with Crippen molar-refractivity contribution in [1.29, 1.82) is 0 Å². The van der Waals surface area contributed by atoms with Crippen LogP contribution >= 0.6 is 0 Å². The van der Waals surface area contributed by atoms with Crippen LogP contribution in [-0.4, -0.2) is 23.5 Å². The van der Waals surface area contributed by atoms with Gasteiger partial charge in [-0.25, -0.2) is 9.37 Å². The third-order valence-electron chi connectivity index (χ3n) is 4.11. The van der Waals surface area contributed by atoms with Crippen molar-refractivity contribution in [3.8, 4) is 5.88 Å². The lowest BCUT2D eigenvalue weighted by Gasteiger charge is -2.36. The first-order valence-corrected chi connectivity index (χ1v) is 7.81. The molecule has 1 saturated carbocycles. The van der Waals surface area contributed by atoms with Gasteiger partial charge in [-0.05, 0) is 43.4 Å². The molecule has 0 bridgehead atoms. The number of rotatable bonds is 5. The molecule has 0 aliphatic heterocycles. The third kappa shape index (κ3) is 3.50. The Hall–Kier alpha value is -2.43. The number of ether oxygens (including phenoxy) is 1. The van der Waals surface area contributed by atoms with Gasteiger partial charge in [-0.2, -0.15) is 0 Å². The van der Waals surface area contributed by atoms with Gasteiger partial charge in [0.2, 0.25) is 5.88 Å². The zero-order valence-corrected chi connectivity index (χ0v) is 13.0. The largest absolute Gasteiger partial charge is 0.478 e. The summed E-state index contributed by atoms with van der Waals surface area (Å²) in [6.07, 6.45) is 3.03. The van der Waals surface area contributed by atoms with E-state index in [1.54, 1.807) is 18.2 Å². The van der Waals surface area contributed by atoms with Crippen LogP contribution in [0.2, 0.25) is 0 Å². The van der Waals surface area contributed by atoms with Crippen LogP contribution in [0.25, 0.3) is 0 Å². The second-order valence-corrected chi connectivity index (χ2v) is 5.68. The monoisotopic (exact) mass is 314 g/mol. The van der Waals surface area contributed by atoms with Gasteiger partial charge in [0, 0.05) is 18.3 Å². The zero-order chi connectivity index (χ0) is 16.2. The first-order chi connectivity index (χ1) is 11.2. The molecule has 2 aromatic rings. The van der Waals surface area contributed by atoms with Gasteiger partial charge in [0.15, 0.2) is 0 Å². The maximum Gasteiger partial charge on any atom is 0.253 e. The Balaban J connectivity index is 1.53. The van der Waals surface area contributed by atoms with E-state index in [9.17, 15) is 9.18 Å². The Labute approximate surface area is 134 Å². The standard InChI is InChI=1S/C18H19FN2O2/c1-2-23-17-8-7-12(11-20-17)18(22)21-14-9-13(10-14)15-5-3-4-6-16(15)19/h3-8,11,13-14H,2,9-10H2,1H3,(H,21,22). The van der Waals surface area contributed by atoms with Crippen molar-refractivity contribution in [2.24, 2.45) is 0 Å². The second kappa shape index (κ2) is 6.77. The van der Waals surface area contributed by atoms with Gasteiger partial charge in [0.1, 0.15) is 5.82 Å². The van der Waals surface area contributed by atoms with Crippen molar-refractivity contribution in [1.82, 2.24) is 10.3 Å². The minimum absolute atomic E-state index is 0.0821. The number of carbonyl (C=O) groups excluding carboxylic acids is 1. The molecule has 120 valence electrons. The van der Waals surface area contributed by atoms with E-state index in [1.165, 1.54) is 12.3 Å². The number of nitrogens with zero attached hydrogens (tertiary/aromatic N) is 1. The van der Waals surface area contributed by atoms with Crippen LogP contribution in [0.4, 0.5) is 4.39 Å². The zero-order valence-electron chi connectivity index (χ0n) is 13.0. The minimum Gasteiger partial charge on any atom is -0.478 e. The molecule has 0 spiro atoms. The van der Waals surface area contributed by atoms with Crippen LogP contribution < -0.4 is 10.1 Å². The Morgan fingerprint density at radius 1 is 1.30 bits per heavy atom. The van der Waals surface area contributed by atoms with Gasteiger partial charge < -0.3 is 10.1 Å². The Kier molecular flexibility index (Phi) is 4.55. The highest BCUT2D eigenvalue weighted by Gasteiger charge is 2.32. The number of amides is 1. The summed E-state index contributed by atoms with van der Waals surface area (Å²) >= 11 is 0. The van der Waals surface area contributed by atoms with Crippen molar-refractivity contribution in [2.45, 2.75) is 31.7 Å². The molecular formula is C18H19FN2O2. The van der Waals surface area contributed by atoms with Gasteiger partial charge in [-0.15, -0.1) is 0 Å². The van der Waals surface area contributed by atoms with E-state index in [-0.39, 0.29) is 23.7 Å². The van der Waals surface area contributed by atoms with Crippen LogP contribution in [0.3, 0.4) is 0 Å². The first-order valence-electron chi connectivity index (χ1n) is 7.81. The summed E-state index contributed by atoms with van der Waals surface area (Å²) in [5, 5.41) is 2.96. The fourth-order valence-electron chi connectivity index (χ4n) is 2.81. The number of hydrogen-bond acceptors (Lipinski definition) is 3. The summed E-state index contributed by atoms with van der Waals surface area (Å²) in [7, 11) is 0. The molecule has 0 atom stereocenters. The number of nitrogens with one attached hydrogen (secondary N) is 1. The highest BCUT2D eigenvalue weighted by Crippen LogP contribution is 2.38. The number of carbonyl (C=O) groups is 1. The molecule has 1 N–H and O–H groups in total. The van der Waals surface area contributed by atoms with E-state index >= 15 is 0 Å². The summed E-state index contributed by atoms with van der Waals surface area (Å²) < 4.78 is 19.0. The average molecular weight is 314 g/mol. The lowest BCUT2D eigenvalue weighted by atomic mass is 9.75. The molecule has 1 amide bonds. The summed E-state index contributed by atoms with van der Waals surface area (Å²) in [5.74, 6) is 0.364. The van der Waals surface area contributed by atoms with E-state index in [0.29, 0.717) is 18.1 Å². The van der Waals surface area contributed by atoms with Gasteiger partial charge in [0.25, 0.3) is 5.91 Å². The predicted octanol–water partition coefficient (Wildman–Crippen LogP) is 3.30. The van der Waals surface area contributed by atoms with Crippen LogP contribution in [-0.2, 0) is 0 Å². The molecule has 1 fully saturated rings. The molecule has 1 aliphatic carbocycles. The minimum atomic E-state index is -0.169. The molecule has 1 aromatic carbocycles. The van der Waals surface area contributed by atoms with Gasteiger partial charge in [-0.1, -0.05) is 18.2 Å². The normalized spacial score (nSPS) is 19.7. The highest BCUT2D eigenvalue weighted by molar-refractivity contribution is 5.94. The summed E-state index contributed by atoms with van der Waals surface area (Å²) in [6, 6.07) is 10.3. The molecule has 0 radical (unpaired) electrons. The SMILES string of the molecule is CCOc1ccc(C(=O)NC2CC(c3ccccc3F)C2)cn1. The Morgan fingerprint density at radius 2 is 2.09 bits per heavy atom. The van der Waals surface area contributed by atoms with Crippen molar-refractivity contribution < 1.29 is 13.9 Å². The Bertz CT molecular complexity index is 682. The van der Waals surface area contributed by atoms with E-state index in [2.05, 4.69) is 10.3 Å². The van der Waals surface area contributed by atoms with Gasteiger partial charge >= 0.3 is 0 Å². The quantitative estimate of drug-likeness (QED) is 0.921. The lowest BCUT2D eigenvalue weighted by molar-refractivity contribution is 0.0908. The Morgan fingerprint density at radius 3 is 2.74 bits per heavy atom. The van der Waals surface area contributed by atoms with E-state index in [4.69, 9.17) is 4.74 Å². The fourth-order valence-corrected chi connectivity index (χ4v) is 2.81. The fraction of sp³-hybridized carbons (Fsp3) is 0.333. The third-order valence-corrected chi connectivity index (χ3v) is 4.11. The molecule has 5 heteroatoms. The number of benzene rings is 1. The average Bonchev–Trinajstić information content (AvgIpc) is 2.52. The predicted molar refractivity (Wildman–Crippen MR) is 85.0 cm³/mol. The van der Waals surface area contributed by atoms with E-state index < -0.39 is 0 Å². The topological polar surface area (TPSA) is 51.2 Å². The summed E-state index contributed by atoms with van der Waals surface area (Å²) in [4.78, 5) is 16.2. The summed E-state index contributed by atoms with van der Waals surface area (Å²) in [5.41, 5.74) is 1.24. The molecule has 0 unspecified atom stereocenters. The molecule has 1 aromatic heterocycles.